The Morgan fingerprint density at radius 3 is 2.50 bits per heavy atom. The standard InChI is InChI=1S/C24H18ClF3N4OS/c25-17-10-8-15(9-11-17)13-29-22-19-6-1-2-7-20(19)31-23(32-22)34-14-21(33)30-18-5-3-4-16(12-18)24(26,27)28/h1-12H,13-14H2,(H,30,33)(H,29,31,32). The number of amides is 1. The van der Waals surface area contributed by atoms with Crippen LogP contribution in [-0.2, 0) is 17.5 Å². The van der Waals surface area contributed by atoms with E-state index in [4.69, 9.17) is 11.6 Å². The van der Waals surface area contributed by atoms with Gasteiger partial charge in [-0.25, -0.2) is 9.97 Å². The van der Waals surface area contributed by atoms with Crippen LogP contribution in [0.5, 0.6) is 0 Å². The Bertz CT molecular complexity index is 1320. The van der Waals surface area contributed by atoms with Crippen molar-refractivity contribution in [2.75, 3.05) is 16.4 Å². The van der Waals surface area contributed by atoms with Gasteiger partial charge in [0.1, 0.15) is 5.82 Å². The number of rotatable bonds is 7. The number of hydrogen-bond acceptors (Lipinski definition) is 5. The van der Waals surface area contributed by atoms with Crippen molar-refractivity contribution in [3.63, 3.8) is 0 Å². The highest BCUT2D eigenvalue weighted by molar-refractivity contribution is 7.99. The number of nitrogens with zero attached hydrogens (tertiary/aromatic N) is 2. The van der Waals surface area contributed by atoms with Gasteiger partial charge in [-0.15, -0.1) is 0 Å². The molecule has 174 valence electrons. The first-order chi connectivity index (χ1) is 16.3. The molecule has 34 heavy (non-hydrogen) atoms. The van der Waals surface area contributed by atoms with E-state index in [0.717, 1.165) is 34.8 Å². The molecular weight excluding hydrogens is 485 g/mol. The zero-order chi connectivity index (χ0) is 24.1. The van der Waals surface area contributed by atoms with E-state index >= 15 is 0 Å². The molecule has 0 spiro atoms. The molecule has 0 unspecified atom stereocenters. The van der Waals surface area contributed by atoms with E-state index in [1.165, 1.54) is 12.1 Å². The number of nitrogens with one attached hydrogen (secondary N) is 2. The van der Waals surface area contributed by atoms with Crippen molar-refractivity contribution in [3.8, 4) is 0 Å². The molecule has 0 bridgehead atoms. The quantitative estimate of drug-likeness (QED) is 0.219. The molecule has 0 aliphatic rings. The lowest BCUT2D eigenvalue weighted by molar-refractivity contribution is -0.137. The lowest BCUT2D eigenvalue weighted by atomic mass is 10.2. The van der Waals surface area contributed by atoms with Crippen LogP contribution in [0.1, 0.15) is 11.1 Å². The van der Waals surface area contributed by atoms with E-state index in [1.807, 2.05) is 36.4 Å². The van der Waals surface area contributed by atoms with Crippen molar-refractivity contribution in [1.82, 2.24) is 9.97 Å². The number of hydrogen-bond donors (Lipinski definition) is 2. The van der Waals surface area contributed by atoms with Gasteiger partial charge in [0.15, 0.2) is 5.16 Å². The third-order valence-corrected chi connectivity index (χ3v) is 5.86. The van der Waals surface area contributed by atoms with Crippen molar-refractivity contribution >= 4 is 51.7 Å². The van der Waals surface area contributed by atoms with Crippen LogP contribution in [0.15, 0.2) is 78.0 Å². The summed E-state index contributed by atoms with van der Waals surface area (Å²) in [7, 11) is 0. The minimum absolute atomic E-state index is 0.0643. The van der Waals surface area contributed by atoms with E-state index in [-0.39, 0.29) is 11.4 Å². The number of thioether (sulfide) groups is 1. The SMILES string of the molecule is O=C(CSc1nc(NCc2ccc(Cl)cc2)c2ccccc2n1)Nc1cccc(C(F)(F)F)c1. The smallest absolute Gasteiger partial charge is 0.365 e. The highest BCUT2D eigenvalue weighted by Gasteiger charge is 2.30. The second kappa shape index (κ2) is 10.3. The molecule has 0 saturated heterocycles. The molecule has 1 amide bonds. The molecule has 1 aromatic heterocycles. The number of carbonyl (C=O) groups excluding carboxylic acids is 1. The normalized spacial score (nSPS) is 11.4. The first-order valence-corrected chi connectivity index (χ1v) is 11.5. The van der Waals surface area contributed by atoms with Gasteiger partial charge in [-0.1, -0.05) is 53.7 Å². The first-order valence-electron chi connectivity index (χ1n) is 10.1. The molecular formula is C24H18ClF3N4OS. The number of para-hydroxylation sites is 1. The van der Waals surface area contributed by atoms with Crippen molar-refractivity contribution in [2.45, 2.75) is 17.9 Å². The predicted octanol–water partition coefficient (Wildman–Crippen LogP) is 6.64. The van der Waals surface area contributed by atoms with Crippen LogP contribution in [0.4, 0.5) is 24.7 Å². The molecule has 0 aliphatic carbocycles. The largest absolute Gasteiger partial charge is 0.416 e. The highest BCUT2D eigenvalue weighted by atomic mass is 35.5. The van der Waals surface area contributed by atoms with Gasteiger partial charge in [-0.3, -0.25) is 4.79 Å². The maximum atomic E-state index is 12.9. The molecule has 1 heterocycles. The van der Waals surface area contributed by atoms with E-state index in [9.17, 15) is 18.0 Å². The van der Waals surface area contributed by atoms with Crippen LogP contribution in [0.25, 0.3) is 10.9 Å². The third-order valence-electron chi connectivity index (χ3n) is 4.76. The lowest BCUT2D eigenvalue weighted by Gasteiger charge is -2.11. The average molecular weight is 503 g/mol. The monoisotopic (exact) mass is 502 g/mol. The van der Waals surface area contributed by atoms with Crippen LogP contribution in [0.2, 0.25) is 5.02 Å². The molecule has 4 rings (SSSR count). The Labute approximate surface area is 202 Å². The second-order valence-corrected chi connectivity index (χ2v) is 8.65. The van der Waals surface area contributed by atoms with Crippen LogP contribution in [0, 0.1) is 0 Å². The third kappa shape index (κ3) is 6.18. The summed E-state index contributed by atoms with van der Waals surface area (Å²) in [5.74, 6) is 0.0867. The number of carbonyl (C=O) groups is 1. The van der Waals surface area contributed by atoms with Crippen molar-refractivity contribution in [3.05, 3.63) is 88.9 Å². The Hall–Kier alpha value is -3.30. The lowest BCUT2D eigenvalue weighted by Crippen LogP contribution is -2.15. The van der Waals surface area contributed by atoms with Crippen LogP contribution >= 0.6 is 23.4 Å². The molecule has 0 aliphatic heterocycles. The minimum atomic E-state index is -4.48. The maximum Gasteiger partial charge on any atom is 0.416 e. The number of alkyl halides is 3. The summed E-state index contributed by atoms with van der Waals surface area (Å²) in [6, 6.07) is 19.4. The molecule has 10 heteroatoms. The van der Waals surface area contributed by atoms with Gasteiger partial charge < -0.3 is 10.6 Å². The summed E-state index contributed by atoms with van der Waals surface area (Å²) in [5.41, 5.74) is 0.969. The zero-order valence-electron chi connectivity index (χ0n) is 17.6. The van der Waals surface area contributed by atoms with Gasteiger partial charge >= 0.3 is 6.18 Å². The van der Waals surface area contributed by atoms with Gasteiger partial charge in [0, 0.05) is 22.6 Å². The number of benzene rings is 3. The Morgan fingerprint density at radius 2 is 1.74 bits per heavy atom. The Kier molecular flexibility index (Phi) is 7.23. The summed E-state index contributed by atoms with van der Waals surface area (Å²) >= 11 is 7.04. The molecule has 3 aromatic carbocycles. The maximum absolute atomic E-state index is 12.9. The minimum Gasteiger partial charge on any atom is -0.365 e. The molecule has 0 atom stereocenters. The number of halogens is 4. The second-order valence-electron chi connectivity index (χ2n) is 7.27. The van der Waals surface area contributed by atoms with Crippen LogP contribution < -0.4 is 10.6 Å². The first kappa shape index (κ1) is 23.8. The van der Waals surface area contributed by atoms with Gasteiger partial charge in [0.2, 0.25) is 5.91 Å². The fourth-order valence-corrected chi connectivity index (χ4v) is 3.92. The molecule has 2 N–H and O–H groups in total. The number of aromatic nitrogens is 2. The molecule has 0 fully saturated rings. The van der Waals surface area contributed by atoms with Crippen LogP contribution in [0.3, 0.4) is 0 Å². The van der Waals surface area contributed by atoms with E-state index in [0.29, 0.717) is 28.1 Å². The fourth-order valence-electron chi connectivity index (χ4n) is 3.14. The highest BCUT2D eigenvalue weighted by Crippen LogP contribution is 2.31. The summed E-state index contributed by atoms with van der Waals surface area (Å²) in [5, 5.41) is 7.63. The summed E-state index contributed by atoms with van der Waals surface area (Å²) in [6.07, 6.45) is -4.48. The summed E-state index contributed by atoms with van der Waals surface area (Å²) in [4.78, 5) is 21.4. The summed E-state index contributed by atoms with van der Waals surface area (Å²) in [6.45, 7) is 0.512. The Balaban J connectivity index is 1.45. The fraction of sp³-hybridized carbons (Fsp3) is 0.125. The molecule has 0 saturated carbocycles. The van der Waals surface area contributed by atoms with Crippen molar-refractivity contribution in [2.24, 2.45) is 0 Å². The molecule has 0 radical (unpaired) electrons. The molecule has 5 nitrogen and oxygen atoms in total. The topological polar surface area (TPSA) is 66.9 Å². The zero-order valence-corrected chi connectivity index (χ0v) is 19.1. The van der Waals surface area contributed by atoms with Gasteiger partial charge in [-0.05, 0) is 48.0 Å². The average Bonchev–Trinajstić information content (AvgIpc) is 2.82. The van der Waals surface area contributed by atoms with Crippen molar-refractivity contribution < 1.29 is 18.0 Å². The molecule has 4 aromatic rings. The number of anilines is 2. The van der Waals surface area contributed by atoms with Crippen molar-refractivity contribution in [1.29, 1.82) is 0 Å². The summed E-state index contributed by atoms with van der Waals surface area (Å²) < 4.78 is 38.7. The van der Waals surface area contributed by atoms with Gasteiger partial charge in [-0.2, -0.15) is 13.2 Å². The predicted molar refractivity (Wildman–Crippen MR) is 129 cm³/mol. The van der Waals surface area contributed by atoms with Gasteiger partial charge in [0.05, 0.1) is 16.8 Å². The van der Waals surface area contributed by atoms with E-state index in [1.54, 1.807) is 12.1 Å². The van der Waals surface area contributed by atoms with E-state index in [2.05, 4.69) is 20.6 Å². The number of fused-ring (bicyclic) bond motifs is 1. The Morgan fingerprint density at radius 1 is 0.971 bits per heavy atom. The van der Waals surface area contributed by atoms with Crippen LogP contribution in [-0.4, -0.2) is 21.6 Å². The van der Waals surface area contributed by atoms with E-state index < -0.39 is 17.6 Å². The van der Waals surface area contributed by atoms with Gasteiger partial charge in [0.25, 0.3) is 0 Å².